The molecule has 0 aliphatic rings. The van der Waals surface area contributed by atoms with Crippen LogP contribution in [0.1, 0.15) is 24.0 Å². The number of benzene rings is 2. The third kappa shape index (κ3) is 7.50. The van der Waals surface area contributed by atoms with Gasteiger partial charge in [-0.1, -0.05) is 60.7 Å². The van der Waals surface area contributed by atoms with E-state index in [-0.39, 0.29) is 13.2 Å². The molecule has 2 aromatic rings. The van der Waals surface area contributed by atoms with Gasteiger partial charge < -0.3 is 19.7 Å². The van der Waals surface area contributed by atoms with Crippen molar-refractivity contribution in [2.24, 2.45) is 0 Å². The second-order valence-electron chi connectivity index (χ2n) is 6.40. The van der Waals surface area contributed by atoms with Gasteiger partial charge in [0, 0.05) is 0 Å². The number of carbonyl (C=O) groups is 2. The monoisotopic (exact) mass is 386 g/mol. The summed E-state index contributed by atoms with van der Waals surface area (Å²) in [6, 6.07) is 19.4. The summed E-state index contributed by atoms with van der Waals surface area (Å²) >= 11 is 0. The smallest absolute Gasteiger partial charge is 0.338 e. The summed E-state index contributed by atoms with van der Waals surface area (Å²) in [5, 5.41) is 19.6. The van der Waals surface area contributed by atoms with Crippen LogP contribution in [0.4, 0.5) is 0 Å². The van der Waals surface area contributed by atoms with Gasteiger partial charge >= 0.3 is 11.9 Å². The molecule has 150 valence electrons. The molecular formula is C22H26O6. The van der Waals surface area contributed by atoms with Crippen LogP contribution in [-0.4, -0.2) is 47.6 Å². The van der Waals surface area contributed by atoms with Gasteiger partial charge in [-0.15, -0.1) is 0 Å². The Hall–Kier alpha value is -2.70. The van der Waals surface area contributed by atoms with Crippen molar-refractivity contribution in [1.82, 2.24) is 0 Å². The van der Waals surface area contributed by atoms with Gasteiger partial charge in [-0.25, -0.2) is 9.59 Å². The van der Waals surface area contributed by atoms with Crippen LogP contribution in [0.15, 0.2) is 60.7 Å². The summed E-state index contributed by atoms with van der Waals surface area (Å²) in [6.07, 6.45) is -1.34. The zero-order valence-electron chi connectivity index (χ0n) is 15.7. The fraction of sp³-hybridized carbons (Fsp3) is 0.364. The lowest BCUT2D eigenvalue weighted by Gasteiger charge is -2.16. The first-order valence-corrected chi connectivity index (χ1v) is 9.35. The fourth-order valence-electron chi connectivity index (χ4n) is 2.62. The topological polar surface area (TPSA) is 93.1 Å². The maximum Gasteiger partial charge on any atom is 0.338 e. The van der Waals surface area contributed by atoms with E-state index in [1.807, 2.05) is 60.7 Å². The lowest BCUT2D eigenvalue weighted by molar-refractivity contribution is -0.173. The van der Waals surface area contributed by atoms with Gasteiger partial charge in [-0.05, 0) is 36.8 Å². The number of hydrogen-bond donors (Lipinski definition) is 2. The minimum Gasteiger partial charge on any atom is -0.464 e. The molecule has 0 aliphatic carbocycles. The molecule has 6 nitrogen and oxygen atoms in total. The van der Waals surface area contributed by atoms with Gasteiger partial charge in [-0.2, -0.15) is 0 Å². The lowest BCUT2D eigenvalue weighted by Crippen LogP contribution is -2.41. The van der Waals surface area contributed by atoms with E-state index in [9.17, 15) is 19.8 Å². The summed E-state index contributed by atoms with van der Waals surface area (Å²) in [5.74, 6) is -2.08. The molecule has 0 saturated heterocycles. The fourth-order valence-corrected chi connectivity index (χ4v) is 2.62. The van der Waals surface area contributed by atoms with Crippen LogP contribution in [-0.2, 0) is 31.9 Å². The first-order chi connectivity index (χ1) is 13.6. The standard InChI is InChI=1S/C22H26O6/c23-19(21(25)27-15-7-13-17-9-3-1-4-10-17)20(24)22(26)28-16-8-14-18-11-5-2-6-12-18/h1-6,9-12,19-20,23-24H,7-8,13-16H2. The molecule has 28 heavy (non-hydrogen) atoms. The molecule has 0 aliphatic heterocycles. The number of carbonyl (C=O) groups excluding carboxylic acids is 2. The third-order valence-electron chi connectivity index (χ3n) is 4.18. The van der Waals surface area contributed by atoms with Crippen molar-refractivity contribution in [3.8, 4) is 0 Å². The van der Waals surface area contributed by atoms with Crippen molar-refractivity contribution in [1.29, 1.82) is 0 Å². The molecule has 0 heterocycles. The molecule has 2 unspecified atom stereocenters. The van der Waals surface area contributed by atoms with Crippen molar-refractivity contribution < 1.29 is 29.3 Å². The van der Waals surface area contributed by atoms with E-state index in [1.165, 1.54) is 0 Å². The molecule has 2 atom stereocenters. The Morgan fingerprint density at radius 2 is 1.04 bits per heavy atom. The molecular weight excluding hydrogens is 360 g/mol. The maximum atomic E-state index is 11.8. The van der Waals surface area contributed by atoms with Gasteiger partial charge in [0.2, 0.25) is 0 Å². The van der Waals surface area contributed by atoms with E-state index in [1.54, 1.807) is 0 Å². The highest BCUT2D eigenvalue weighted by atomic mass is 16.6. The highest BCUT2D eigenvalue weighted by molar-refractivity contribution is 5.85. The number of aryl methyl sites for hydroxylation is 2. The molecule has 2 N–H and O–H groups in total. The van der Waals surface area contributed by atoms with E-state index >= 15 is 0 Å². The SMILES string of the molecule is O=C(OCCCc1ccccc1)C(O)C(O)C(=O)OCCCc1ccccc1. The number of esters is 2. The average Bonchev–Trinajstić information content (AvgIpc) is 2.74. The molecule has 6 heteroatoms. The minimum absolute atomic E-state index is 0.0869. The van der Waals surface area contributed by atoms with Crippen molar-refractivity contribution >= 4 is 11.9 Å². The number of hydrogen-bond acceptors (Lipinski definition) is 6. The summed E-state index contributed by atoms with van der Waals surface area (Å²) in [4.78, 5) is 23.6. The Balaban J connectivity index is 1.62. The Morgan fingerprint density at radius 3 is 1.39 bits per heavy atom. The zero-order chi connectivity index (χ0) is 20.2. The van der Waals surface area contributed by atoms with E-state index in [0.29, 0.717) is 12.8 Å². The first kappa shape index (κ1) is 21.6. The molecule has 0 saturated carbocycles. The van der Waals surface area contributed by atoms with Crippen molar-refractivity contribution in [3.63, 3.8) is 0 Å². The summed E-state index contributed by atoms with van der Waals surface area (Å²) in [7, 11) is 0. The van der Waals surface area contributed by atoms with Crippen LogP contribution in [0.25, 0.3) is 0 Å². The Kier molecular flexibility index (Phi) is 9.18. The average molecular weight is 386 g/mol. The molecule has 0 radical (unpaired) electrons. The van der Waals surface area contributed by atoms with E-state index in [0.717, 1.165) is 24.0 Å². The van der Waals surface area contributed by atoms with Gasteiger partial charge in [0.15, 0.2) is 12.2 Å². The first-order valence-electron chi connectivity index (χ1n) is 9.35. The molecule has 0 amide bonds. The second-order valence-corrected chi connectivity index (χ2v) is 6.40. The van der Waals surface area contributed by atoms with Crippen molar-refractivity contribution in [3.05, 3.63) is 71.8 Å². The van der Waals surface area contributed by atoms with E-state index in [2.05, 4.69) is 0 Å². The summed E-state index contributed by atoms with van der Waals surface area (Å²) in [5.41, 5.74) is 2.22. The van der Waals surface area contributed by atoms with Crippen LogP contribution in [0.5, 0.6) is 0 Å². The quantitative estimate of drug-likeness (QED) is 0.454. The van der Waals surface area contributed by atoms with Crippen molar-refractivity contribution in [2.75, 3.05) is 13.2 Å². The summed E-state index contributed by atoms with van der Waals surface area (Å²) in [6.45, 7) is 0.174. The molecule has 0 aromatic heterocycles. The molecule has 2 aromatic carbocycles. The third-order valence-corrected chi connectivity index (χ3v) is 4.18. The predicted molar refractivity (Wildman–Crippen MR) is 103 cm³/mol. The molecule has 0 fully saturated rings. The number of ether oxygens (including phenoxy) is 2. The largest absolute Gasteiger partial charge is 0.464 e. The van der Waals surface area contributed by atoms with Crippen LogP contribution >= 0.6 is 0 Å². The number of rotatable bonds is 11. The lowest BCUT2D eigenvalue weighted by atomic mass is 10.1. The highest BCUT2D eigenvalue weighted by Crippen LogP contribution is 2.06. The normalized spacial score (nSPS) is 12.8. The molecule has 0 spiro atoms. The van der Waals surface area contributed by atoms with Gasteiger partial charge in [0.1, 0.15) is 0 Å². The van der Waals surface area contributed by atoms with Crippen LogP contribution in [0.3, 0.4) is 0 Å². The number of aliphatic hydroxyl groups is 2. The van der Waals surface area contributed by atoms with Gasteiger partial charge in [-0.3, -0.25) is 0 Å². The maximum absolute atomic E-state index is 11.8. The Labute approximate surface area is 164 Å². The summed E-state index contributed by atoms with van der Waals surface area (Å²) < 4.78 is 9.85. The van der Waals surface area contributed by atoms with Crippen molar-refractivity contribution in [2.45, 2.75) is 37.9 Å². The Morgan fingerprint density at radius 1 is 0.679 bits per heavy atom. The Bertz CT molecular complexity index is 653. The minimum atomic E-state index is -1.96. The van der Waals surface area contributed by atoms with Crippen LogP contribution in [0.2, 0.25) is 0 Å². The van der Waals surface area contributed by atoms with Crippen LogP contribution < -0.4 is 0 Å². The zero-order valence-corrected chi connectivity index (χ0v) is 15.7. The van der Waals surface area contributed by atoms with Crippen LogP contribution in [0, 0.1) is 0 Å². The second kappa shape index (κ2) is 11.9. The highest BCUT2D eigenvalue weighted by Gasteiger charge is 2.32. The van der Waals surface area contributed by atoms with E-state index < -0.39 is 24.1 Å². The molecule has 2 rings (SSSR count). The van der Waals surface area contributed by atoms with Gasteiger partial charge in [0.05, 0.1) is 13.2 Å². The predicted octanol–water partition coefficient (Wildman–Crippen LogP) is 2.06. The van der Waals surface area contributed by atoms with Gasteiger partial charge in [0.25, 0.3) is 0 Å². The number of aliphatic hydroxyl groups excluding tert-OH is 2. The van der Waals surface area contributed by atoms with E-state index in [4.69, 9.17) is 9.47 Å². The molecule has 0 bridgehead atoms.